The van der Waals surface area contributed by atoms with Gasteiger partial charge in [-0.15, -0.1) is 0 Å². The zero-order chi connectivity index (χ0) is 18.8. The van der Waals surface area contributed by atoms with Crippen LogP contribution < -0.4 is 10.9 Å². The molecule has 6 nitrogen and oxygen atoms in total. The number of amidine groups is 1. The molecule has 0 spiro atoms. The number of fused-ring (bicyclic) bond motifs is 1. The molecule has 0 aliphatic carbocycles. The molecule has 1 N–H and O–H groups in total. The lowest BCUT2D eigenvalue weighted by Gasteiger charge is -2.12. The molecular formula is C19H15FN4O2S. The Morgan fingerprint density at radius 2 is 2.11 bits per heavy atom. The maximum atomic E-state index is 14.1. The molecule has 0 unspecified atom stereocenters. The fraction of sp³-hybridized carbons (Fsp3) is 0.158. The van der Waals surface area contributed by atoms with Crippen molar-refractivity contribution in [2.75, 3.05) is 12.3 Å². The van der Waals surface area contributed by atoms with E-state index in [0.717, 1.165) is 5.75 Å². The van der Waals surface area contributed by atoms with E-state index >= 15 is 0 Å². The van der Waals surface area contributed by atoms with Crippen LogP contribution in [0.5, 0.6) is 0 Å². The third-order valence-electron chi connectivity index (χ3n) is 4.18. The highest BCUT2D eigenvalue weighted by atomic mass is 32.2. The zero-order valence-electron chi connectivity index (χ0n) is 14.2. The first kappa shape index (κ1) is 17.4. The standard InChI is InChI=1S/C19H15FN4O2S/c20-15-6-2-1-4-13(15)11-24-16-12(5-3-7-21-16)10-14(18(24)26)17(25)23-19-22-8-9-27-19/h1-7,10H,8-9,11H2,(H,22,23,25). The highest BCUT2D eigenvalue weighted by Crippen LogP contribution is 2.15. The van der Waals surface area contributed by atoms with E-state index in [1.165, 1.54) is 28.5 Å². The predicted molar refractivity (Wildman–Crippen MR) is 104 cm³/mol. The van der Waals surface area contributed by atoms with Gasteiger partial charge < -0.3 is 5.32 Å². The second-order valence-electron chi connectivity index (χ2n) is 5.95. The molecule has 8 heteroatoms. The van der Waals surface area contributed by atoms with E-state index in [9.17, 15) is 14.0 Å². The van der Waals surface area contributed by atoms with Crippen molar-refractivity contribution in [3.8, 4) is 0 Å². The quantitative estimate of drug-likeness (QED) is 0.755. The molecule has 0 radical (unpaired) electrons. The monoisotopic (exact) mass is 382 g/mol. The van der Waals surface area contributed by atoms with E-state index in [4.69, 9.17) is 0 Å². The lowest BCUT2D eigenvalue weighted by atomic mass is 10.1. The van der Waals surface area contributed by atoms with Crippen LogP contribution in [0.4, 0.5) is 4.39 Å². The molecule has 0 saturated carbocycles. The van der Waals surface area contributed by atoms with Crippen LogP contribution in [0, 0.1) is 5.82 Å². The fourth-order valence-electron chi connectivity index (χ4n) is 2.89. The normalized spacial score (nSPS) is 13.6. The van der Waals surface area contributed by atoms with E-state index in [-0.39, 0.29) is 12.1 Å². The Hall–Kier alpha value is -3.00. The number of thioether (sulfide) groups is 1. The van der Waals surface area contributed by atoms with Crippen molar-refractivity contribution >= 4 is 33.9 Å². The van der Waals surface area contributed by atoms with E-state index < -0.39 is 17.3 Å². The number of carbonyl (C=O) groups is 1. The molecule has 3 heterocycles. The number of aromatic nitrogens is 2. The summed E-state index contributed by atoms with van der Waals surface area (Å²) in [5, 5.41) is 3.80. The molecule has 3 aromatic rings. The number of aliphatic imine (C=N–C) groups is 1. The first-order valence-electron chi connectivity index (χ1n) is 8.34. The highest BCUT2D eigenvalue weighted by molar-refractivity contribution is 8.14. The van der Waals surface area contributed by atoms with Gasteiger partial charge in [0.05, 0.1) is 13.1 Å². The number of halogens is 1. The van der Waals surface area contributed by atoms with Crippen molar-refractivity contribution in [2.45, 2.75) is 6.54 Å². The summed E-state index contributed by atoms with van der Waals surface area (Å²) < 4.78 is 15.4. The number of rotatable bonds is 3. The van der Waals surface area contributed by atoms with Crippen LogP contribution in [0.3, 0.4) is 0 Å². The van der Waals surface area contributed by atoms with E-state index in [1.807, 2.05) is 0 Å². The van der Waals surface area contributed by atoms with Gasteiger partial charge >= 0.3 is 0 Å². The Morgan fingerprint density at radius 3 is 2.89 bits per heavy atom. The number of nitrogens with one attached hydrogen (secondary N) is 1. The Morgan fingerprint density at radius 1 is 1.26 bits per heavy atom. The Labute approximate surface area is 158 Å². The summed E-state index contributed by atoms with van der Waals surface area (Å²) in [4.78, 5) is 34.1. The van der Waals surface area contributed by atoms with Crippen LogP contribution in [-0.4, -0.2) is 32.9 Å². The molecule has 1 aromatic carbocycles. The Bertz CT molecular complexity index is 1130. The predicted octanol–water partition coefficient (Wildman–Crippen LogP) is 2.42. The maximum absolute atomic E-state index is 14.1. The summed E-state index contributed by atoms with van der Waals surface area (Å²) in [6, 6.07) is 11.2. The summed E-state index contributed by atoms with van der Waals surface area (Å²) in [7, 11) is 0. The van der Waals surface area contributed by atoms with Gasteiger partial charge in [-0.1, -0.05) is 30.0 Å². The van der Waals surface area contributed by atoms with Crippen LogP contribution >= 0.6 is 11.8 Å². The average Bonchev–Trinajstić information content (AvgIpc) is 3.18. The summed E-state index contributed by atoms with van der Waals surface area (Å²) in [6.45, 7) is 0.620. The van der Waals surface area contributed by atoms with Crippen molar-refractivity contribution in [3.63, 3.8) is 0 Å². The first-order chi connectivity index (χ1) is 13.1. The third-order valence-corrected chi connectivity index (χ3v) is 5.08. The van der Waals surface area contributed by atoms with Crippen molar-refractivity contribution < 1.29 is 9.18 Å². The van der Waals surface area contributed by atoms with Crippen LogP contribution in [-0.2, 0) is 6.54 Å². The number of amides is 1. The van der Waals surface area contributed by atoms with E-state index in [2.05, 4.69) is 15.3 Å². The van der Waals surface area contributed by atoms with Gasteiger partial charge in [-0.25, -0.2) is 9.37 Å². The molecular weight excluding hydrogens is 367 g/mol. The van der Waals surface area contributed by atoms with Gasteiger partial charge in [0.2, 0.25) is 0 Å². The Balaban J connectivity index is 1.81. The topological polar surface area (TPSA) is 76.3 Å². The molecule has 0 fully saturated rings. The minimum atomic E-state index is -0.527. The highest BCUT2D eigenvalue weighted by Gasteiger charge is 2.19. The second kappa shape index (κ2) is 7.32. The molecule has 4 rings (SSSR count). The first-order valence-corrected chi connectivity index (χ1v) is 9.32. The average molecular weight is 382 g/mol. The lowest BCUT2D eigenvalue weighted by Crippen LogP contribution is -2.35. The molecule has 0 atom stereocenters. The summed E-state index contributed by atoms with van der Waals surface area (Å²) >= 11 is 1.43. The van der Waals surface area contributed by atoms with Gasteiger partial charge in [-0.05, 0) is 24.3 Å². The van der Waals surface area contributed by atoms with Crippen LogP contribution in [0.1, 0.15) is 15.9 Å². The van der Waals surface area contributed by atoms with E-state index in [1.54, 1.807) is 36.5 Å². The van der Waals surface area contributed by atoms with E-state index in [0.29, 0.717) is 28.3 Å². The molecule has 0 bridgehead atoms. The van der Waals surface area contributed by atoms with Crippen molar-refractivity contribution in [1.29, 1.82) is 0 Å². The molecule has 2 aromatic heterocycles. The van der Waals surface area contributed by atoms with Crippen LogP contribution in [0.2, 0.25) is 0 Å². The van der Waals surface area contributed by atoms with Gasteiger partial charge in [-0.3, -0.25) is 19.1 Å². The van der Waals surface area contributed by atoms with Gasteiger partial charge in [0.25, 0.3) is 11.5 Å². The number of hydrogen-bond donors (Lipinski definition) is 1. The van der Waals surface area contributed by atoms with Gasteiger partial charge in [0, 0.05) is 22.9 Å². The summed E-state index contributed by atoms with van der Waals surface area (Å²) in [5.74, 6) is -0.143. The van der Waals surface area contributed by atoms with Gasteiger partial charge in [0.15, 0.2) is 5.17 Å². The number of carbonyl (C=O) groups excluding carboxylic acids is 1. The summed E-state index contributed by atoms with van der Waals surface area (Å²) in [5.41, 5.74) is 0.197. The zero-order valence-corrected chi connectivity index (χ0v) is 15.0. The third kappa shape index (κ3) is 3.48. The van der Waals surface area contributed by atoms with Crippen LogP contribution in [0.25, 0.3) is 11.0 Å². The number of benzene rings is 1. The van der Waals surface area contributed by atoms with Crippen molar-refractivity contribution in [3.05, 3.63) is 76.0 Å². The number of nitrogens with zero attached hydrogens (tertiary/aromatic N) is 3. The maximum Gasteiger partial charge on any atom is 0.265 e. The lowest BCUT2D eigenvalue weighted by molar-refractivity contribution is 0.0976. The fourth-order valence-corrected chi connectivity index (χ4v) is 3.61. The minimum absolute atomic E-state index is 0.0180. The smallest absolute Gasteiger partial charge is 0.265 e. The number of hydrogen-bond acceptors (Lipinski definition) is 5. The van der Waals surface area contributed by atoms with Crippen molar-refractivity contribution in [2.24, 2.45) is 4.99 Å². The largest absolute Gasteiger partial charge is 0.301 e. The molecule has 1 aliphatic heterocycles. The molecule has 1 amide bonds. The molecule has 136 valence electrons. The molecule has 27 heavy (non-hydrogen) atoms. The SMILES string of the molecule is O=C(NC1=NCCS1)c1cc2cccnc2n(Cc2ccccc2F)c1=O. The van der Waals surface area contributed by atoms with Crippen LogP contribution in [0.15, 0.2) is 58.4 Å². The number of pyridine rings is 2. The van der Waals surface area contributed by atoms with Crippen molar-refractivity contribution in [1.82, 2.24) is 14.9 Å². The molecule has 0 saturated heterocycles. The van der Waals surface area contributed by atoms with Gasteiger partial charge in [-0.2, -0.15) is 0 Å². The second-order valence-corrected chi connectivity index (χ2v) is 7.03. The summed E-state index contributed by atoms with van der Waals surface area (Å²) in [6.07, 6.45) is 1.56. The molecule has 1 aliphatic rings. The minimum Gasteiger partial charge on any atom is -0.301 e. The van der Waals surface area contributed by atoms with Gasteiger partial charge in [0.1, 0.15) is 17.0 Å². The Kier molecular flexibility index (Phi) is 4.72.